The van der Waals surface area contributed by atoms with Gasteiger partial charge >= 0.3 is 0 Å². The number of carbonyl (C=O) groups excluding carboxylic acids is 1. The van der Waals surface area contributed by atoms with Crippen LogP contribution in [-0.4, -0.2) is 5.78 Å². The van der Waals surface area contributed by atoms with Gasteiger partial charge in [0.1, 0.15) is 11.6 Å². The van der Waals surface area contributed by atoms with Crippen molar-refractivity contribution in [2.24, 2.45) is 5.92 Å². The zero-order valence-electron chi connectivity index (χ0n) is 11.5. The van der Waals surface area contributed by atoms with Gasteiger partial charge in [-0.15, -0.1) is 0 Å². The van der Waals surface area contributed by atoms with Crippen molar-refractivity contribution in [3.8, 4) is 11.1 Å². The van der Waals surface area contributed by atoms with Gasteiger partial charge in [0.15, 0.2) is 5.78 Å². The number of ketones is 1. The molecule has 2 rings (SSSR count). The third kappa shape index (κ3) is 2.62. The molecule has 3 heteroatoms. The molecule has 0 aliphatic carbocycles. The van der Waals surface area contributed by atoms with Crippen LogP contribution in [0.3, 0.4) is 0 Å². The molecule has 0 fully saturated rings. The fraction of sp³-hybridized carbons (Fsp3) is 0.235. The molecule has 0 saturated heterocycles. The Labute approximate surface area is 117 Å². The van der Waals surface area contributed by atoms with Crippen LogP contribution in [0.4, 0.5) is 8.78 Å². The number of hydrogen-bond acceptors (Lipinski definition) is 1. The van der Waals surface area contributed by atoms with E-state index in [2.05, 4.69) is 0 Å². The largest absolute Gasteiger partial charge is 0.294 e. The van der Waals surface area contributed by atoms with E-state index >= 15 is 0 Å². The molecule has 20 heavy (non-hydrogen) atoms. The van der Waals surface area contributed by atoms with Crippen LogP contribution < -0.4 is 0 Å². The number of Topliss-reactive ketones (excluding diaryl/α,β-unsaturated/α-hetero) is 1. The van der Waals surface area contributed by atoms with Crippen LogP contribution >= 0.6 is 0 Å². The lowest BCUT2D eigenvalue weighted by Crippen LogP contribution is -2.15. The number of rotatable bonds is 4. The molecule has 0 aliphatic rings. The van der Waals surface area contributed by atoms with E-state index < -0.39 is 28.9 Å². The van der Waals surface area contributed by atoms with E-state index in [0.29, 0.717) is 12.0 Å². The van der Waals surface area contributed by atoms with Gasteiger partial charge in [0.05, 0.1) is 5.56 Å². The molecule has 0 aromatic heterocycles. The highest BCUT2D eigenvalue weighted by Gasteiger charge is 2.24. The molecule has 2 aromatic rings. The van der Waals surface area contributed by atoms with E-state index in [4.69, 9.17) is 0 Å². The van der Waals surface area contributed by atoms with E-state index in [1.165, 1.54) is 6.07 Å². The topological polar surface area (TPSA) is 17.1 Å². The van der Waals surface area contributed by atoms with Crippen LogP contribution in [0.2, 0.25) is 0 Å². The monoisotopic (exact) mass is 274 g/mol. The maximum absolute atomic E-state index is 14.5. The van der Waals surface area contributed by atoms with Crippen molar-refractivity contribution in [1.82, 2.24) is 0 Å². The van der Waals surface area contributed by atoms with Gasteiger partial charge in [-0.25, -0.2) is 8.78 Å². The lowest BCUT2D eigenvalue weighted by molar-refractivity contribution is 0.0918. The minimum absolute atomic E-state index is 0.249. The average Bonchev–Trinajstić information content (AvgIpc) is 2.47. The summed E-state index contributed by atoms with van der Waals surface area (Å²) in [6.45, 7) is 3.50. The fourth-order valence-electron chi connectivity index (χ4n) is 2.05. The third-order valence-corrected chi connectivity index (χ3v) is 3.48. The molecule has 2 aromatic carbocycles. The van der Waals surface area contributed by atoms with Crippen molar-refractivity contribution in [3.63, 3.8) is 0 Å². The molecule has 104 valence electrons. The second-order valence-electron chi connectivity index (χ2n) is 4.82. The summed E-state index contributed by atoms with van der Waals surface area (Å²) in [5.41, 5.74) is 0.447. The highest BCUT2D eigenvalue weighted by molar-refractivity contribution is 5.99. The summed E-state index contributed by atoms with van der Waals surface area (Å²) in [6.07, 6.45) is 0.549. The molecule has 0 N–H and O–H groups in total. The zero-order valence-corrected chi connectivity index (χ0v) is 11.5. The van der Waals surface area contributed by atoms with Gasteiger partial charge in [-0.05, 0) is 24.1 Å². The number of benzene rings is 2. The van der Waals surface area contributed by atoms with E-state index in [9.17, 15) is 13.6 Å². The summed E-state index contributed by atoms with van der Waals surface area (Å²) < 4.78 is 28.3. The van der Waals surface area contributed by atoms with Crippen molar-refractivity contribution < 1.29 is 13.6 Å². The molecule has 0 saturated carbocycles. The first kappa shape index (κ1) is 14.4. The van der Waals surface area contributed by atoms with Gasteiger partial charge in [0, 0.05) is 11.5 Å². The van der Waals surface area contributed by atoms with Crippen LogP contribution in [0.1, 0.15) is 30.6 Å². The highest BCUT2D eigenvalue weighted by atomic mass is 19.1. The highest BCUT2D eigenvalue weighted by Crippen LogP contribution is 2.28. The normalized spacial score (nSPS) is 12.2. The first-order valence-electron chi connectivity index (χ1n) is 6.63. The fourth-order valence-corrected chi connectivity index (χ4v) is 2.05. The molecule has 0 bridgehead atoms. The quantitative estimate of drug-likeness (QED) is 0.728. The van der Waals surface area contributed by atoms with Crippen molar-refractivity contribution in [2.75, 3.05) is 0 Å². The first-order valence-corrected chi connectivity index (χ1v) is 6.63. The van der Waals surface area contributed by atoms with Crippen LogP contribution in [0.25, 0.3) is 11.1 Å². The Morgan fingerprint density at radius 3 is 2.35 bits per heavy atom. The molecule has 0 amide bonds. The zero-order chi connectivity index (χ0) is 14.7. The Kier molecular flexibility index (Phi) is 4.28. The van der Waals surface area contributed by atoms with E-state index in [1.807, 2.05) is 13.0 Å². The van der Waals surface area contributed by atoms with Crippen LogP contribution in [-0.2, 0) is 0 Å². The molecule has 0 spiro atoms. The summed E-state index contributed by atoms with van der Waals surface area (Å²) in [7, 11) is 0. The number of hydrogen-bond donors (Lipinski definition) is 0. The molecule has 1 unspecified atom stereocenters. The van der Waals surface area contributed by atoms with Crippen molar-refractivity contribution >= 4 is 5.78 Å². The summed E-state index contributed by atoms with van der Waals surface area (Å²) in [6, 6.07) is 11.3. The molecule has 1 atom stereocenters. The maximum Gasteiger partial charge on any atom is 0.171 e. The Bertz CT molecular complexity index is 620. The van der Waals surface area contributed by atoms with Crippen LogP contribution in [0.15, 0.2) is 42.5 Å². The minimum atomic E-state index is -0.799. The lowest BCUT2D eigenvalue weighted by Gasteiger charge is -2.12. The average molecular weight is 274 g/mol. The van der Waals surface area contributed by atoms with Gasteiger partial charge < -0.3 is 0 Å². The predicted octanol–water partition coefficient (Wildman–Crippen LogP) is 4.86. The molecule has 0 radical (unpaired) electrons. The maximum atomic E-state index is 14.5. The van der Waals surface area contributed by atoms with E-state index in [0.717, 1.165) is 6.07 Å². The van der Waals surface area contributed by atoms with Crippen LogP contribution in [0, 0.1) is 17.6 Å². The van der Waals surface area contributed by atoms with Gasteiger partial charge in [0.2, 0.25) is 0 Å². The molecule has 0 aliphatic heterocycles. The number of carbonyl (C=O) groups is 1. The standard InChI is InChI=1S/C17H16F2O/c1-3-11(2)17(20)15-14(18)10-9-13(16(15)19)12-7-5-4-6-8-12/h4-11H,3H2,1-2H3. The smallest absolute Gasteiger partial charge is 0.171 e. The molecule has 1 nitrogen and oxygen atoms in total. The van der Waals surface area contributed by atoms with Gasteiger partial charge in [-0.3, -0.25) is 4.79 Å². The SMILES string of the molecule is CCC(C)C(=O)c1c(F)ccc(-c2ccccc2)c1F. The molecular formula is C17H16F2O. The van der Waals surface area contributed by atoms with Gasteiger partial charge in [-0.1, -0.05) is 44.2 Å². The lowest BCUT2D eigenvalue weighted by atomic mass is 9.93. The Morgan fingerprint density at radius 2 is 1.75 bits per heavy atom. The summed E-state index contributed by atoms with van der Waals surface area (Å²) in [5, 5.41) is 0. The van der Waals surface area contributed by atoms with Crippen molar-refractivity contribution in [2.45, 2.75) is 20.3 Å². The molecular weight excluding hydrogens is 258 g/mol. The van der Waals surface area contributed by atoms with Crippen LogP contribution in [0.5, 0.6) is 0 Å². The minimum Gasteiger partial charge on any atom is -0.294 e. The van der Waals surface area contributed by atoms with E-state index in [-0.39, 0.29) is 5.56 Å². The van der Waals surface area contributed by atoms with Gasteiger partial charge in [0.25, 0.3) is 0 Å². The number of halogens is 2. The first-order chi connectivity index (χ1) is 9.56. The van der Waals surface area contributed by atoms with Crippen molar-refractivity contribution in [1.29, 1.82) is 0 Å². The summed E-state index contributed by atoms with van der Waals surface area (Å²) in [5.74, 6) is -2.46. The Hall–Kier alpha value is -2.03. The molecule has 0 heterocycles. The Morgan fingerprint density at radius 1 is 1.10 bits per heavy atom. The van der Waals surface area contributed by atoms with Crippen molar-refractivity contribution in [3.05, 3.63) is 59.7 Å². The summed E-state index contributed by atoms with van der Waals surface area (Å²) >= 11 is 0. The second-order valence-corrected chi connectivity index (χ2v) is 4.82. The summed E-state index contributed by atoms with van der Waals surface area (Å²) in [4.78, 5) is 12.1. The predicted molar refractivity (Wildman–Crippen MR) is 75.6 cm³/mol. The second kappa shape index (κ2) is 5.95. The van der Waals surface area contributed by atoms with E-state index in [1.54, 1.807) is 31.2 Å². The third-order valence-electron chi connectivity index (χ3n) is 3.48. The van der Waals surface area contributed by atoms with Gasteiger partial charge in [-0.2, -0.15) is 0 Å². The Balaban J connectivity index is 2.57.